The van der Waals surface area contributed by atoms with E-state index in [0.717, 1.165) is 0 Å². The smallest absolute Gasteiger partial charge is 0.326 e. The Morgan fingerprint density at radius 3 is 1.66 bits per heavy atom. The SMILES string of the molecule is CC[C@H](C)[C@H](NC(=O)[C@H](Cc1c[nH]c2ccccc12)NC(=O)[C@H](CCC(=O)O)NC(=O)[C@H](CC(C)C)NC(=O)[C@H](C)NC(=O)[C@@H](N)CO)C(=O)N[C@@H](CCCCN)C(=O)N[C@@H](CC(N)=O)C(=O)N[C@@H](CCCCN)C(=O)O. The first-order chi connectivity index (χ1) is 36.4. The number of aliphatic hydroxyl groups is 1. The molecule has 0 aliphatic rings. The van der Waals surface area contributed by atoms with E-state index in [4.69, 9.17) is 22.9 Å². The molecule has 1 heterocycles. The number of aromatic amines is 1. The van der Waals surface area contributed by atoms with Crippen molar-refractivity contribution in [3.63, 3.8) is 0 Å². The number of carboxylic acid groups (broad SMARTS) is 2. The van der Waals surface area contributed by atoms with Gasteiger partial charge >= 0.3 is 11.9 Å². The monoisotopic (exact) mass is 1090 g/mol. The standard InChI is InChI=1S/C50H81N13O14/c1-6-27(4)41(49(75)58-33(15-9-11-19-51)44(70)62-38(23-39(54)65)47(73)59-35(50(76)77)16-10-12-20-52)63-48(74)37(22-29-24-55-32-14-8-7-13-30(29)32)61-45(71)34(17-18-40(66)67)57-46(72)36(21-26(2)3)60-42(68)28(5)56-43(69)31(53)25-64/h7-8,13-14,24,26-28,31,33-38,41,55,64H,6,9-12,15-23,25,51-53H2,1-5H3,(H2,54,65)(H,56,69)(H,57,72)(H,58,75)(H,59,73)(H,60,68)(H,61,71)(H,62,70)(H,63,74)(H,66,67)(H,76,77)/t27-,28-,31-,33-,34-,35-,36-,37-,38-,41-/m0/s1. The van der Waals surface area contributed by atoms with Gasteiger partial charge in [0.1, 0.15) is 54.4 Å². The highest BCUT2D eigenvalue weighted by atomic mass is 16.4. The van der Waals surface area contributed by atoms with Crippen molar-refractivity contribution in [2.45, 2.75) is 166 Å². The Kier molecular flexibility index (Phi) is 28.9. The second-order valence-corrected chi connectivity index (χ2v) is 19.5. The molecule has 0 aliphatic heterocycles. The van der Waals surface area contributed by atoms with Crippen LogP contribution < -0.4 is 65.5 Å². The van der Waals surface area contributed by atoms with Gasteiger partial charge in [0.15, 0.2) is 0 Å². The molecule has 0 unspecified atom stereocenters. The van der Waals surface area contributed by atoms with Gasteiger partial charge in [-0.25, -0.2) is 4.79 Å². The predicted octanol–water partition coefficient (Wildman–Crippen LogP) is -2.90. The third kappa shape index (κ3) is 22.9. The molecule has 0 saturated carbocycles. The third-order valence-corrected chi connectivity index (χ3v) is 12.6. The van der Waals surface area contributed by atoms with Gasteiger partial charge in [0.25, 0.3) is 0 Å². The van der Waals surface area contributed by atoms with Gasteiger partial charge in [0, 0.05) is 29.9 Å². The van der Waals surface area contributed by atoms with Crippen molar-refractivity contribution < 1.29 is 68.1 Å². The summed E-state index contributed by atoms with van der Waals surface area (Å²) in [7, 11) is 0. The van der Waals surface area contributed by atoms with Gasteiger partial charge < -0.3 is 85.8 Å². The van der Waals surface area contributed by atoms with Gasteiger partial charge in [-0.3, -0.25) is 47.9 Å². The predicted molar refractivity (Wildman–Crippen MR) is 281 cm³/mol. The van der Waals surface area contributed by atoms with E-state index in [0.29, 0.717) is 35.7 Å². The summed E-state index contributed by atoms with van der Waals surface area (Å²) in [6.07, 6.45) is 1.32. The van der Waals surface area contributed by atoms with Crippen molar-refractivity contribution in [1.29, 1.82) is 0 Å². The van der Waals surface area contributed by atoms with Crippen LogP contribution in [0.25, 0.3) is 10.9 Å². The molecule has 0 bridgehead atoms. The van der Waals surface area contributed by atoms with Crippen molar-refractivity contribution in [2.75, 3.05) is 19.7 Å². The first-order valence-corrected chi connectivity index (χ1v) is 25.8. The number of nitrogens with two attached hydrogens (primary N) is 4. The van der Waals surface area contributed by atoms with Gasteiger partial charge in [0.05, 0.1) is 13.0 Å². The summed E-state index contributed by atoms with van der Waals surface area (Å²) < 4.78 is 0. The van der Waals surface area contributed by atoms with Crippen LogP contribution in [-0.4, -0.2) is 159 Å². The highest BCUT2D eigenvalue weighted by Crippen LogP contribution is 2.20. The Hall–Kier alpha value is -7.23. The summed E-state index contributed by atoms with van der Waals surface area (Å²) >= 11 is 0. The lowest BCUT2D eigenvalue weighted by Crippen LogP contribution is -2.61. The first-order valence-electron chi connectivity index (χ1n) is 25.8. The zero-order chi connectivity index (χ0) is 57.9. The zero-order valence-corrected chi connectivity index (χ0v) is 44.5. The molecular formula is C50H81N13O14. The fourth-order valence-corrected chi connectivity index (χ4v) is 7.96. The maximum absolute atomic E-state index is 14.7. The number of fused-ring (bicyclic) bond motifs is 1. The largest absolute Gasteiger partial charge is 0.481 e. The summed E-state index contributed by atoms with van der Waals surface area (Å²) in [4.78, 5) is 149. The summed E-state index contributed by atoms with van der Waals surface area (Å²) in [6, 6.07) is -5.80. The van der Waals surface area contributed by atoms with Crippen LogP contribution in [0.4, 0.5) is 0 Å². The number of H-pyrrole nitrogens is 1. The average Bonchev–Trinajstić information content (AvgIpc) is 3.78. The lowest BCUT2D eigenvalue weighted by Gasteiger charge is -2.30. The summed E-state index contributed by atoms with van der Waals surface area (Å²) in [5, 5.41) is 49.5. The number of carbonyl (C=O) groups excluding carboxylic acids is 9. The van der Waals surface area contributed by atoms with E-state index in [2.05, 4.69) is 47.5 Å². The number of carbonyl (C=O) groups is 11. The number of unbranched alkanes of at least 4 members (excludes halogenated alkanes) is 2. The second kappa shape index (κ2) is 33.7. The second-order valence-electron chi connectivity index (χ2n) is 19.5. The molecule has 430 valence electrons. The van der Waals surface area contributed by atoms with E-state index in [-0.39, 0.29) is 57.5 Å². The molecule has 1 aromatic carbocycles. The Balaban J connectivity index is 2.56. The van der Waals surface area contributed by atoms with Crippen LogP contribution in [0.1, 0.15) is 111 Å². The number of hydrogen-bond acceptors (Lipinski definition) is 15. The number of rotatable bonds is 37. The van der Waals surface area contributed by atoms with Gasteiger partial charge in [-0.15, -0.1) is 0 Å². The number of aromatic nitrogens is 1. The fourth-order valence-electron chi connectivity index (χ4n) is 7.96. The molecule has 77 heavy (non-hydrogen) atoms. The number of carboxylic acids is 2. The van der Waals surface area contributed by atoms with Crippen molar-refractivity contribution in [3.05, 3.63) is 36.0 Å². The molecule has 0 fully saturated rings. The van der Waals surface area contributed by atoms with Gasteiger partial charge in [0.2, 0.25) is 53.2 Å². The van der Waals surface area contributed by atoms with Crippen molar-refractivity contribution in [2.24, 2.45) is 34.8 Å². The zero-order valence-electron chi connectivity index (χ0n) is 44.5. The molecule has 0 saturated heterocycles. The molecule has 0 radical (unpaired) electrons. The number of primary amides is 1. The lowest BCUT2D eigenvalue weighted by atomic mass is 9.96. The minimum absolute atomic E-state index is 0.00182. The molecule has 27 heteroatoms. The molecule has 2 rings (SSSR count). The fraction of sp³-hybridized carbons (Fsp3) is 0.620. The van der Waals surface area contributed by atoms with Crippen LogP contribution in [0.15, 0.2) is 30.5 Å². The van der Waals surface area contributed by atoms with E-state index >= 15 is 0 Å². The molecule has 0 spiro atoms. The van der Waals surface area contributed by atoms with E-state index < -0.39 is 151 Å². The number of hydrogen-bond donors (Lipinski definition) is 16. The van der Waals surface area contributed by atoms with Gasteiger partial charge in [-0.2, -0.15) is 0 Å². The highest BCUT2D eigenvalue weighted by molar-refractivity contribution is 5.99. The Morgan fingerprint density at radius 1 is 0.597 bits per heavy atom. The third-order valence-electron chi connectivity index (χ3n) is 12.6. The number of nitrogens with one attached hydrogen (secondary N) is 9. The Labute approximate surface area is 447 Å². The molecule has 10 atom stereocenters. The molecule has 27 nitrogen and oxygen atoms in total. The summed E-state index contributed by atoms with van der Waals surface area (Å²) in [5.41, 5.74) is 23.5. The topological polar surface area (TPSA) is 465 Å². The normalized spacial score (nSPS) is 15.1. The maximum Gasteiger partial charge on any atom is 0.326 e. The molecule has 1 aromatic heterocycles. The molecule has 0 aliphatic carbocycles. The lowest BCUT2D eigenvalue weighted by molar-refractivity contribution is -0.143. The molecule has 2 aromatic rings. The number of aliphatic carboxylic acids is 2. The minimum atomic E-state index is -1.66. The number of aliphatic hydroxyl groups excluding tert-OH is 1. The van der Waals surface area contributed by atoms with Crippen LogP contribution in [0.3, 0.4) is 0 Å². The van der Waals surface area contributed by atoms with Crippen LogP contribution in [0.5, 0.6) is 0 Å². The Morgan fingerprint density at radius 2 is 1.10 bits per heavy atom. The molecular weight excluding hydrogens is 1010 g/mol. The first kappa shape index (κ1) is 65.9. The van der Waals surface area contributed by atoms with E-state index in [1.807, 2.05) is 0 Å². The van der Waals surface area contributed by atoms with E-state index in [1.54, 1.807) is 58.2 Å². The van der Waals surface area contributed by atoms with Crippen LogP contribution in [-0.2, 0) is 59.2 Å². The highest BCUT2D eigenvalue weighted by Gasteiger charge is 2.37. The van der Waals surface area contributed by atoms with E-state index in [1.165, 1.54) is 6.92 Å². The average molecular weight is 1090 g/mol. The number of para-hydroxylation sites is 1. The number of amides is 9. The number of benzene rings is 1. The van der Waals surface area contributed by atoms with E-state index in [9.17, 15) is 68.1 Å². The van der Waals surface area contributed by atoms with Crippen LogP contribution >= 0.6 is 0 Å². The van der Waals surface area contributed by atoms with Gasteiger partial charge in [-0.1, -0.05) is 52.3 Å². The van der Waals surface area contributed by atoms with Crippen molar-refractivity contribution in [1.82, 2.24) is 47.5 Å². The minimum Gasteiger partial charge on any atom is -0.481 e. The Bertz CT molecular complexity index is 2330. The molecule has 9 amide bonds. The summed E-state index contributed by atoms with van der Waals surface area (Å²) in [5.74, 6) is -11.9. The van der Waals surface area contributed by atoms with Crippen molar-refractivity contribution in [3.8, 4) is 0 Å². The summed E-state index contributed by atoms with van der Waals surface area (Å²) in [6.45, 7) is 7.98. The van der Waals surface area contributed by atoms with Gasteiger partial charge in [-0.05, 0) is 94.8 Å². The quantitative estimate of drug-likeness (QED) is 0.0302. The van der Waals surface area contributed by atoms with Crippen LogP contribution in [0.2, 0.25) is 0 Å². The van der Waals surface area contributed by atoms with Crippen molar-refractivity contribution >= 4 is 76.0 Å². The van der Waals surface area contributed by atoms with Crippen LogP contribution in [0, 0.1) is 11.8 Å². The molecule has 20 N–H and O–H groups in total. The maximum atomic E-state index is 14.7.